The SMILES string of the molecule is COc1cccc(CCC(=O)NNC(=O)COc2ccc(C)cc2)c1. The lowest BCUT2D eigenvalue weighted by atomic mass is 10.1. The minimum Gasteiger partial charge on any atom is -0.497 e. The van der Waals surface area contributed by atoms with Crippen LogP contribution >= 0.6 is 0 Å². The maximum absolute atomic E-state index is 11.8. The quantitative estimate of drug-likeness (QED) is 0.756. The van der Waals surface area contributed by atoms with Crippen LogP contribution in [0.4, 0.5) is 0 Å². The van der Waals surface area contributed by atoms with Gasteiger partial charge in [0.2, 0.25) is 5.91 Å². The molecule has 0 aliphatic carbocycles. The zero-order valence-electron chi connectivity index (χ0n) is 14.4. The Bertz CT molecular complexity index is 714. The summed E-state index contributed by atoms with van der Waals surface area (Å²) in [6.45, 7) is 1.80. The lowest BCUT2D eigenvalue weighted by Crippen LogP contribution is -2.43. The highest BCUT2D eigenvalue weighted by Crippen LogP contribution is 2.13. The van der Waals surface area contributed by atoms with E-state index in [0.29, 0.717) is 12.2 Å². The topological polar surface area (TPSA) is 76.7 Å². The molecule has 0 atom stereocenters. The van der Waals surface area contributed by atoms with Crippen molar-refractivity contribution in [3.8, 4) is 11.5 Å². The molecule has 2 aromatic rings. The molecule has 0 saturated carbocycles. The fourth-order valence-corrected chi connectivity index (χ4v) is 2.11. The van der Waals surface area contributed by atoms with Gasteiger partial charge in [-0.1, -0.05) is 29.8 Å². The normalized spacial score (nSPS) is 10.0. The summed E-state index contributed by atoms with van der Waals surface area (Å²) in [5, 5.41) is 0. The number of benzene rings is 2. The predicted molar refractivity (Wildman–Crippen MR) is 94.3 cm³/mol. The first-order valence-corrected chi connectivity index (χ1v) is 7.97. The fraction of sp³-hybridized carbons (Fsp3) is 0.263. The maximum atomic E-state index is 11.8. The summed E-state index contributed by atoms with van der Waals surface area (Å²) >= 11 is 0. The summed E-state index contributed by atoms with van der Waals surface area (Å²) in [7, 11) is 1.60. The summed E-state index contributed by atoms with van der Waals surface area (Å²) in [5.74, 6) is 0.659. The predicted octanol–water partition coefficient (Wildman–Crippen LogP) is 2.16. The van der Waals surface area contributed by atoms with Crippen LogP contribution in [0.1, 0.15) is 17.5 Å². The summed E-state index contributed by atoms with van der Waals surface area (Å²) in [6, 6.07) is 14.9. The molecule has 6 nitrogen and oxygen atoms in total. The van der Waals surface area contributed by atoms with E-state index in [1.54, 1.807) is 19.2 Å². The number of amides is 2. The first-order valence-electron chi connectivity index (χ1n) is 7.97. The first kappa shape index (κ1) is 18.3. The summed E-state index contributed by atoms with van der Waals surface area (Å²) in [5.41, 5.74) is 6.81. The minimum atomic E-state index is -0.421. The Morgan fingerprint density at radius 2 is 1.68 bits per heavy atom. The molecule has 0 saturated heterocycles. The molecular formula is C19H22N2O4. The van der Waals surface area contributed by atoms with Crippen LogP contribution in [-0.2, 0) is 16.0 Å². The van der Waals surface area contributed by atoms with Crippen molar-refractivity contribution >= 4 is 11.8 Å². The van der Waals surface area contributed by atoms with E-state index in [2.05, 4.69) is 10.9 Å². The molecule has 2 amide bonds. The van der Waals surface area contributed by atoms with E-state index in [-0.39, 0.29) is 18.9 Å². The van der Waals surface area contributed by atoms with E-state index < -0.39 is 5.91 Å². The van der Waals surface area contributed by atoms with Gasteiger partial charge in [-0.25, -0.2) is 0 Å². The zero-order valence-corrected chi connectivity index (χ0v) is 14.4. The van der Waals surface area contributed by atoms with Crippen molar-refractivity contribution in [2.24, 2.45) is 0 Å². The highest BCUT2D eigenvalue weighted by molar-refractivity contribution is 5.82. The van der Waals surface area contributed by atoms with Crippen molar-refractivity contribution in [3.05, 3.63) is 59.7 Å². The Morgan fingerprint density at radius 1 is 0.960 bits per heavy atom. The van der Waals surface area contributed by atoms with Gasteiger partial charge in [-0.15, -0.1) is 0 Å². The zero-order chi connectivity index (χ0) is 18.1. The summed E-state index contributed by atoms with van der Waals surface area (Å²) < 4.78 is 10.5. The van der Waals surface area contributed by atoms with Gasteiger partial charge < -0.3 is 9.47 Å². The Hall–Kier alpha value is -3.02. The summed E-state index contributed by atoms with van der Waals surface area (Å²) in [6.07, 6.45) is 0.811. The van der Waals surface area contributed by atoms with Crippen LogP contribution in [0.3, 0.4) is 0 Å². The average molecular weight is 342 g/mol. The van der Waals surface area contributed by atoms with Crippen LogP contribution in [-0.4, -0.2) is 25.5 Å². The molecule has 0 aromatic heterocycles. The van der Waals surface area contributed by atoms with Crippen LogP contribution in [0.2, 0.25) is 0 Å². The molecule has 0 unspecified atom stereocenters. The Kier molecular flexibility index (Phi) is 6.83. The Morgan fingerprint density at radius 3 is 2.40 bits per heavy atom. The van der Waals surface area contributed by atoms with Crippen LogP contribution in [0.25, 0.3) is 0 Å². The third-order valence-electron chi connectivity index (χ3n) is 3.51. The molecule has 0 spiro atoms. The van der Waals surface area contributed by atoms with Crippen molar-refractivity contribution < 1.29 is 19.1 Å². The molecule has 6 heteroatoms. The van der Waals surface area contributed by atoms with Crippen molar-refractivity contribution in [2.45, 2.75) is 19.8 Å². The molecule has 0 bridgehead atoms. The van der Waals surface area contributed by atoms with E-state index >= 15 is 0 Å². The van der Waals surface area contributed by atoms with Crippen molar-refractivity contribution in [3.63, 3.8) is 0 Å². The number of nitrogens with one attached hydrogen (secondary N) is 2. The van der Waals surface area contributed by atoms with Crippen molar-refractivity contribution in [1.29, 1.82) is 0 Å². The molecular weight excluding hydrogens is 320 g/mol. The molecule has 0 aliphatic heterocycles. The van der Waals surface area contributed by atoms with Gasteiger partial charge in [0.05, 0.1) is 7.11 Å². The third kappa shape index (κ3) is 6.55. The number of ether oxygens (including phenoxy) is 2. The van der Waals surface area contributed by atoms with E-state index in [1.165, 1.54) is 0 Å². The molecule has 25 heavy (non-hydrogen) atoms. The second-order valence-corrected chi connectivity index (χ2v) is 5.55. The van der Waals surface area contributed by atoms with Crippen LogP contribution < -0.4 is 20.3 Å². The number of methoxy groups -OCH3 is 1. The number of hydrogen-bond acceptors (Lipinski definition) is 4. The van der Waals surface area contributed by atoms with Gasteiger partial charge in [-0.2, -0.15) is 0 Å². The molecule has 0 radical (unpaired) electrons. The molecule has 2 aromatic carbocycles. The summed E-state index contributed by atoms with van der Waals surface area (Å²) in [4.78, 5) is 23.5. The number of hydrazine groups is 1. The molecule has 2 rings (SSSR count). The van der Waals surface area contributed by atoms with Gasteiger partial charge in [-0.3, -0.25) is 20.4 Å². The fourth-order valence-electron chi connectivity index (χ4n) is 2.11. The van der Waals surface area contributed by atoms with Gasteiger partial charge in [0, 0.05) is 6.42 Å². The number of carbonyl (C=O) groups excluding carboxylic acids is 2. The number of aryl methyl sites for hydroxylation is 2. The average Bonchev–Trinajstić information content (AvgIpc) is 2.64. The Labute approximate surface area is 147 Å². The highest BCUT2D eigenvalue weighted by Gasteiger charge is 2.06. The molecule has 0 heterocycles. The van der Waals surface area contributed by atoms with Gasteiger partial charge in [-0.05, 0) is 43.2 Å². The second-order valence-electron chi connectivity index (χ2n) is 5.55. The van der Waals surface area contributed by atoms with E-state index in [0.717, 1.165) is 16.9 Å². The molecule has 2 N–H and O–H groups in total. The Balaban J connectivity index is 1.66. The second kappa shape index (κ2) is 9.32. The standard InChI is InChI=1S/C19H22N2O4/c1-14-6-9-16(10-7-14)25-13-19(23)21-20-18(22)11-8-15-4-3-5-17(12-15)24-2/h3-7,9-10,12H,8,11,13H2,1-2H3,(H,20,22)(H,21,23). The number of rotatable bonds is 7. The first-order chi connectivity index (χ1) is 12.1. The lowest BCUT2D eigenvalue weighted by Gasteiger charge is -2.09. The van der Waals surface area contributed by atoms with Crippen molar-refractivity contribution in [2.75, 3.05) is 13.7 Å². The number of hydrogen-bond donors (Lipinski definition) is 2. The molecule has 0 aliphatic rings. The maximum Gasteiger partial charge on any atom is 0.276 e. The van der Waals surface area contributed by atoms with Gasteiger partial charge >= 0.3 is 0 Å². The van der Waals surface area contributed by atoms with Crippen LogP contribution in [0.15, 0.2) is 48.5 Å². The monoisotopic (exact) mass is 342 g/mol. The smallest absolute Gasteiger partial charge is 0.276 e. The number of carbonyl (C=O) groups is 2. The third-order valence-corrected chi connectivity index (χ3v) is 3.51. The van der Waals surface area contributed by atoms with Gasteiger partial charge in [0.1, 0.15) is 11.5 Å². The highest BCUT2D eigenvalue weighted by atomic mass is 16.5. The van der Waals surface area contributed by atoms with Crippen LogP contribution in [0, 0.1) is 6.92 Å². The van der Waals surface area contributed by atoms with Gasteiger partial charge in [0.15, 0.2) is 6.61 Å². The molecule has 132 valence electrons. The van der Waals surface area contributed by atoms with E-state index in [9.17, 15) is 9.59 Å². The van der Waals surface area contributed by atoms with Gasteiger partial charge in [0.25, 0.3) is 5.91 Å². The van der Waals surface area contributed by atoms with E-state index in [1.807, 2.05) is 43.3 Å². The molecule has 0 fully saturated rings. The largest absolute Gasteiger partial charge is 0.497 e. The van der Waals surface area contributed by atoms with Crippen molar-refractivity contribution in [1.82, 2.24) is 10.9 Å². The van der Waals surface area contributed by atoms with Crippen LogP contribution in [0.5, 0.6) is 11.5 Å². The lowest BCUT2D eigenvalue weighted by molar-refractivity contribution is -0.130. The minimum absolute atomic E-state index is 0.167. The van der Waals surface area contributed by atoms with E-state index in [4.69, 9.17) is 9.47 Å².